The summed E-state index contributed by atoms with van der Waals surface area (Å²) in [5.74, 6) is 0.899. The van der Waals surface area contributed by atoms with Crippen molar-refractivity contribution in [3.05, 3.63) is 41.0 Å². The average Bonchev–Trinajstić information content (AvgIpc) is 3.03. The number of likely N-dealkylation sites (tertiary alicyclic amines) is 1. The van der Waals surface area contributed by atoms with Gasteiger partial charge in [-0.05, 0) is 37.6 Å². The normalized spacial score (nSPS) is 16.8. The molecule has 0 radical (unpaired) electrons. The van der Waals surface area contributed by atoms with E-state index in [0.29, 0.717) is 41.0 Å². The molecule has 3 rings (SSSR count). The molecule has 0 saturated carbocycles. The highest BCUT2D eigenvalue weighted by Crippen LogP contribution is 2.27. The SMILES string of the molecule is CCNc1ccnc(Nc2ccc(C(=O)N3CC[C@H](F)C3)cc2Cl)n1. The molecule has 1 aromatic heterocycles. The van der Waals surface area contributed by atoms with Gasteiger partial charge in [0.25, 0.3) is 5.91 Å². The number of carbonyl (C=O) groups is 1. The molecule has 25 heavy (non-hydrogen) atoms. The van der Waals surface area contributed by atoms with Gasteiger partial charge in [-0.1, -0.05) is 11.6 Å². The number of aromatic nitrogens is 2. The minimum atomic E-state index is -0.943. The molecule has 0 spiro atoms. The van der Waals surface area contributed by atoms with E-state index < -0.39 is 6.17 Å². The van der Waals surface area contributed by atoms with Crippen LogP contribution in [0.15, 0.2) is 30.5 Å². The van der Waals surface area contributed by atoms with E-state index in [0.717, 1.165) is 6.54 Å². The van der Waals surface area contributed by atoms with E-state index in [1.807, 2.05) is 6.92 Å². The van der Waals surface area contributed by atoms with Gasteiger partial charge in [-0.25, -0.2) is 9.37 Å². The van der Waals surface area contributed by atoms with Gasteiger partial charge in [0.15, 0.2) is 0 Å². The Morgan fingerprint density at radius 1 is 1.44 bits per heavy atom. The van der Waals surface area contributed by atoms with Gasteiger partial charge >= 0.3 is 0 Å². The van der Waals surface area contributed by atoms with Gasteiger partial charge in [-0.3, -0.25) is 4.79 Å². The molecular weight excluding hydrogens is 345 g/mol. The van der Waals surface area contributed by atoms with E-state index >= 15 is 0 Å². The number of rotatable bonds is 5. The van der Waals surface area contributed by atoms with Gasteiger partial charge in [0.1, 0.15) is 12.0 Å². The highest BCUT2D eigenvalue weighted by Gasteiger charge is 2.26. The number of halogens is 2. The van der Waals surface area contributed by atoms with Crippen LogP contribution in [0, 0.1) is 0 Å². The molecule has 6 nitrogen and oxygen atoms in total. The number of benzene rings is 1. The van der Waals surface area contributed by atoms with E-state index in [-0.39, 0.29) is 12.5 Å². The third kappa shape index (κ3) is 4.17. The van der Waals surface area contributed by atoms with Crippen LogP contribution in [0.25, 0.3) is 0 Å². The van der Waals surface area contributed by atoms with Crippen LogP contribution in [0.3, 0.4) is 0 Å². The lowest BCUT2D eigenvalue weighted by Crippen LogP contribution is -2.28. The Bertz CT molecular complexity index is 772. The fraction of sp³-hybridized carbons (Fsp3) is 0.353. The standard InChI is InChI=1S/C17H19ClFN5O/c1-2-20-15-5-7-21-17(23-15)22-14-4-3-11(9-13(14)18)16(25)24-8-6-12(19)10-24/h3-5,7,9,12H,2,6,8,10H2,1H3,(H2,20,21,22,23)/t12-/m0/s1. The number of hydrogen-bond acceptors (Lipinski definition) is 5. The van der Waals surface area contributed by atoms with Crippen LogP contribution in [-0.4, -0.2) is 46.6 Å². The van der Waals surface area contributed by atoms with Crippen LogP contribution < -0.4 is 10.6 Å². The van der Waals surface area contributed by atoms with Crippen LogP contribution in [-0.2, 0) is 0 Å². The first-order chi connectivity index (χ1) is 12.1. The van der Waals surface area contributed by atoms with Crippen molar-refractivity contribution in [3.63, 3.8) is 0 Å². The molecule has 2 heterocycles. The van der Waals surface area contributed by atoms with Crippen molar-refractivity contribution in [2.45, 2.75) is 19.5 Å². The molecule has 1 saturated heterocycles. The van der Waals surface area contributed by atoms with E-state index in [4.69, 9.17) is 11.6 Å². The van der Waals surface area contributed by atoms with E-state index in [9.17, 15) is 9.18 Å². The summed E-state index contributed by atoms with van der Waals surface area (Å²) in [4.78, 5) is 22.4. The van der Waals surface area contributed by atoms with Gasteiger partial charge in [0, 0.05) is 24.8 Å². The van der Waals surface area contributed by atoms with Crippen LogP contribution in [0.5, 0.6) is 0 Å². The van der Waals surface area contributed by atoms with Crippen LogP contribution >= 0.6 is 11.6 Å². The van der Waals surface area contributed by atoms with Crippen molar-refractivity contribution in [3.8, 4) is 0 Å². The maximum absolute atomic E-state index is 13.3. The van der Waals surface area contributed by atoms with E-state index in [2.05, 4.69) is 20.6 Å². The van der Waals surface area contributed by atoms with Gasteiger partial charge < -0.3 is 15.5 Å². The van der Waals surface area contributed by atoms with Crippen molar-refractivity contribution in [1.82, 2.24) is 14.9 Å². The average molecular weight is 364 g/mol. The summed E-state index contributed by atoms with van der Waals surface area (Å²) in [6, 6.07) is 6.70. The van der Waals surface area contributed by atoms with Crippen molar-refractivity contribution >= 4 is 35.0 Å². The summed E-state index contributed by atoms with van der Waals surface area (Å²) in [5, 5.41) is 6.51. The zero-order valence-corrected chi connectivity index (χ0v) is 14.6. The fourth-order valence-corrected chi connectivity index (χ4v) is 2.88. The van der Waals surface area contributed by atoms with Crippen molar-refractivity contribution in [2.24, 2.45) is 0 Å². The van der Waals surface area contributed by atoms with Crippen molar-refractivity contribution < 1.29 is 9.18 Å². The topological polar surface area (TPSA) is 70.2 Å². The number of nitrogens with one attached hydrogen (secondary N) is 2. The zero-order chi connectivity index (χ0) is 17.8. The summed E-state index contributed by atoms with van der Waals surface area (Å²) in [5.41, 5.74) is 1.03. The lowest BCUT2D eigenvalue weighted by Gasteiger charge is -2.16. The first kappa shape index (κ1) is 17.4. The molecule has 0 unspecified atom stereocenters. The molecule has 2 aromatic rings. The summed E-state index contributed by atoms with van der Waals surface area (Å²) in [6.07, 6.45) is 1.08. The first-order valence-electron chi connectivity index (χ1n) is 8.13. The molecule has 1 atom stereocenters. The lowest BCUT2D eigenvalue weighted by molar-refractivity contribution is 0.0783. The Hall–Kier alpha value is -2.41. The highest BCUT2D eigenvalue weighted by molar-refractivity contribution is 6.33. The predicted octanol–water partition coefficient (Wildman–Crippen LogP) is 3.49. The molecule has 2 N–H and O–H groups in total. The number of anilines is 3. The largest absolute Gasteiger partial charge is 0.370 e. The zero-order valence-electron chi connectivity index (χ0n) is 13.8. The van der Waals surface area contributed by atoms with Gasteiger partial charge in [0.2, 0.25) is 5.95 Å². The van der Waals surface area contributed by atoms with Gasteiger partial charge in [-0.15, -0.1) is 0 Å². The molecule has 1 amide bonds. The molecule has 0 bridgehead atoms. The minimum absolute atomic E-state index is 0.140. The Morgan fingerprint density at radius 2 is 2.28 bits per heavy atom. The maximum atomic E-state index is 13.3. The van der Waals surface area contributed by atoms with Crippen molar-refractivity contribution in [1.29, 1.82) is 0 Å². The molecule has 132 valence electrons. The third-order valence-electron chi connectivity index (χ3n) is 3.89. The minimum Gasteiger partial charge on any atom is -0.370 e. The smallest absolute Gasteiger partial charge is 0.254 e. The molecule has 8 heteroatoms. The number of alkyl halides is 1. The Labute approximate surface area is 150 Å². The molecule has 1 fully saturated rings. The number of amides is 1. The molecule has 1 aliphatic rings. The fourth-order valence-electron chi connectivity index (χ4n) is 2.65. The second-order valence-corrected chi connectivity index (χ2v) is 6.16. The third-order valence-corrected chi connectivity index (χ3v) is 4.21. The quantitative estimate of drug-likeness (QED) is 0.851. The number of carbonyl (C=O) groups excluding carboxylic acids is 1. The van der Waals surface area contributed by atoms with Crippen molar-refractivity contribution in [2.75, 3.05) is 30.3 Å². The Balaban J connectivity index is 1.74. The second kappa shape index (κ2) is 7.65. The van der Waals surface area contributed by atoms with Gasteiger partial charge in [-0.2, -0.15) is 4.98 Å². The summed E-state index contributed by atoms with van der Waals surface area (Å²) in [7, 11) is 0. The Morgan fingerprint density at radius 3 is 2.96 bits per heavy atom. The van der Waals surface area contributed by atoms with Crippen LogP contribution in [0.1, 0.15) is 23.7 Å². The second-order valence-electron chi connectivity index (χ2n) is 5.75. The molecule has 1 aliphatic heterocycles. The van der Waals surface area contributed by atoms with Crippen LogP contribution in [0.4, 0.5) is 21.8 Å². The number of nitrogens with zero attached hydrogens (tertiary/aromatic N) is 3. The molecule has 0 aliphatic carbocycles. The summed E-state index contributed by atoms with van der Waals surface area (Å²) < 4.78 is 13.3. The summed E-state index contributed by atoms with van der Waals surface area (Å²) in [6.45, 7) is 3.31. The maximum Gasteiger partial charge on any atom is 0.254 e. The van der Waals surface area contributed by atoms with Crippen LogP contribution in [0.2, 0.25) is 5.02 Å². The lowest BCUT2D eigenvalue weighted by atomic mass is 10.2. The monoisotopic (exact) mass is 363 g/mol. The molecular formula is C17H19ClFN5O. The van der Waals surface area contributed by atoms with Gasteiger partial charge in [0.05, 0.1) is 17.3 Å². The Kier molecular flexibility index (Phi) is 5.33. The van der Waals surface area contributed by atoms with E-state index in [1.54, 1.807) is 30.5 Å². The summed E-state index contributed by atoms with van der Waals surface area (Å²) >= 11 is 6.28. The number of hydrogen-bond donors (Lipinski definition) is 2. The highest BCUT2D eigenvalue weighted by atomic mass is 35.5. The van der Waals surface area contributed by atoms with E-state index in [1.165, 1.54) is 4.90 Å². The first-order valence-corrected chi connectivity index (χ1v) is 8.51. The molecule has 1 aromatic carbocycles. The predicted molar refractivity (Wildman–Crippen MR) is 96.3 cm³/mol.